The maximum Gasteiger partial charge on any atom is 0.409 e. The van der Waals surface area contributed by atoms with E-state index in [2.05, 4.69) is 4.74 Å². The van der Waals surface area contributed by atoms with Gasteiger partial charge in [-0.25, -0.2) is 4.79 Å². The number of nitrogens with zero attached hydrogens (tertiary/aromatic N) is 1. The second-order valence-electron chi connectivity index (χ2n) is 5.51. The highest BCUT2D eigenvalue weighted by Crippen LogP contribution is 2.46. The quantitative estimate of drug-likeness (QED) is 0.669. The summed E-state index contributed by atoms with van der Waals surface area (Å²) in [6.45, 7) is 0.788. The van der Waals surface area contributed by atoms with Gasteiger partial charge >= 0.3 is 12.1 Å². The smallest absolute Gasteiger partial charge is 0.409 e. The molecule has 0 aromatic heterocycles. The summed E-state index contributed by atoms with van der Waals surface area (Å²) in [6.07, 6.45) is -1.63. The van der Waals surface area contributed by atoms with Gasteiger partial charge in [-0.15, -0.1) is 0 Å². The van der Waals surface area contributed by atoms with Gasteiger partial charge < -0.3 is 24.6 Å². The third-order valence-electron chi connectivity index (χ3n) is 4.62. The number of rotatable bonds is 1. The Balaban J connectivity index is 1.83. The van der Waals surface area contributed by atoms with Crippen LogP contribution in [0.4, 0.5) is 4.79 Å². The summed E-state index contributed by atoms with van der Waals surface area (Å²) in [6, 6.07) is 0. The Bertz CT molecular complexity index is 413. The lowest BCUT2D eigenvalue weighted by molar-refractivity contribution is -0.152. The first-order chi connectivity index (χ1) is 9.02. The molecule has 0 spiro atoms. The van der Waals surface area contributed by atoms with E-state index in [9.17, 15) is 19.8 Å². The summed E-state index contributed by atoms with van der Waals surface area (Å²) in [5.41, 5.74) is 0. The first-order valence-electron chi connectivity index (χ1n) is 6.42. The molecule has 106 valence electrons. The fraction of sp³-hybridized carbons (Fsp3) is 0.833. The molecule has 7 nitrogen and oxygen atoms in total. The Labute approximate surface area is 110 Å². The predicted molar refractivity (Wildman–Crippen MR) is 61.4 cm³/mol. The highest BCUT2D eigenvalue weighted by molar-refractivity contribution is 5.72. The van der Waals surface area contributed by atoms with E-state index in [-0.39, 0.29) is 11.8 Å². The number of amides is 1. The standard InChI is InChI=1S/C12H17NO6/c1-18-12(17)13-3-6-7(4-13)10-5(11(15)16)2-8(19-10)9(6)14/h5-10,14H,2-4H2,1H3,(H,15,16)/t5-,6-,7+,8+,9-,10-/m1/s1. The minimum Gasteiger partial charge on any atom is -0.481 e. The van der Waals surface area contributed by atoms with Crippen LogP contribution in [0.25, 0.3) is 0 Å². The van der Waals surface area contributed by atoms with Crippen molar-refractivity contribution in [2.75, 3.05) is 20.2 Å². The molecule has 0 radical (unpaired) electrons. The van der Waals surface area contributed by atoms with Crippen LogP contribution in [0.5, 0.6) is 0 Å². The molecule has 6 atom stereocenters. The van der Waals surface area contributed by atoms with Crippen LogP contribution in [-0.2, 0) is 14.3 Å². The van der Waals surface area contributed by atoms with Crippen molar-refractivity contribution in [3.8, 4) is 0 Å². The van der Waals surface area contributed by atoms with E-state index < -0.39 is 36.3 Å². The molecule has 3 heterocycles. The molecule has 2 bridgehead atoms. The van der Waals surface area contributed by atoms with Crippen LogP contribution in [0.3, 0.4) is 0 Å². The van der Waals surface area contributed by atoms with Crippen molar-refractivity contribution in [3.63, 3.8) is 0 Å². The van der Waals surface area contributed by atoms with E-state index in [1.807, 2.05) is 0 Å². The molecule has 3 fully saturated rings. The molecule has 3 saturated heterocycles. The number of aliphatic hydroxyl groups excluding tert-OH is 1. The minimum absolute atomic E-state index is 0.118. The minimum atomic E-state index is -0.892. The average Bonchev–Trinajstić information content (AvgIpc) is 2.98. The average molecular weight is 271 g/mol. The number of hydrogen-bond donors (Lipinski definition) is 2. The SMILES string of the molecule is COC(=O)N1C[C@H]2[C@@H](O)[C@@H]3C[C@@H](C(=O)O)[C@@H](O3)[C@H]2C1. The number of ether oxygens (including phenoxy) is 2. The second-order valence-corrected chi connectivity index (χ2v) is 5.51. The number of likely N-dealkylation sites (tertiary alicyclic amines) is 1. The van der Waals surface area contributed by atoms with Gasteiger partial charge in [-0.2, -0.15) is 0 Å². The molecular formula is C12H17NO6. The predicted octanol–water partition coefficient (Wildman–Crippen LogP) is -0.466. The number of methoxy groups -OCH3 is 1. The second kappa shape index (κ2) is 4.35. The number of fused-ring (bicyclic) bond motifs is 4. The van der Waals surface area contributed by atoms with Gasteiger partial charge in [0, 0.05) is 24.9 Å². The number of aliphatic hydroxyl groups is 1. The maximum atomic E-state index is 11.6. The lowest BCUT2D eigenvalue weighted by Gasteiger charge is -2.35. The fourth-order valence-corrected chi connectivity index (χ4v) is 3.71. The van der Waals surface area contributed by atoms with Gasteiger partial charge in [-0.1, -0.05) is 0 Å². The first-order valence-corrected chi connectivity index (χ1v) is 6.42. The van der Waals surface area contributed by atoms with Crippen molar-refractivity contribution in [2.45, 2.75) is 24.7 Å². The van der Waals surface area contributed by atoms with Crippen LogP contribution in [0.2, 0.25) is 0 Å². The molecule has 0 aromatic carbocycles. The van der Waals surface area contributed by atoms with E-state index in [1.54, 1.807) is 0 Å². The Hall–Kier alpha value is -1.34. The topological polar surface area (TPSA) is 96.3 Å². The highest BCUT2D eigenvalue weighted by Gasteiger charge is 2.58. The van der Waals surface area contributed by atoms with Gasteiger partial charge in [0.05, 0.1) is 31.3 Å². The maximum absolute atomic E-state index is 11.6. The molecule has 0 unspecified atom stereocenters. The van der Waals surface area contributed by atoms with Crippen molar-refractivity contribution in [2.24, 2.45) is 17.8 Å². The summed E-state index contributed by atoms with van der Waals surface area (Å²) >= 11 is 0. The summed E-state index contributed by atoms with van der Waals surface area (Å²) in [5.74, 6) is -1.73. The molecule has 1 amide bonds. The van der Waals surface area contributed by atoms with E-state index in [0.717, 1.165) is 0 Å². The van der Waals surface area contributed by atoms with E-state index >= 15 is 0 Å². The number of aliphatic carboxylic acids is 1. The van der Waals surface area contributed by atoms with Crippen LogP contribution in [0.15, 0.2) is 0 Å². The van der Waals surface area contributed by atoms with Crippen LogP contribution >= 0.6 is 0 Å². The zero-order valence-corrected chi connectivity index (χ0v) is 10.6. The van der Waals surface area contributed by atoms with Crippen molar-refractivity contribution >= 4 is 12.1 Å². The lowest BCUT2D eigenvalue weighted by Crippen LogP contribution is -2.46. The lowest BCUT2D eigenvalue weighted by atomic mass is 9.83. The van der Waals surface area contributed by atoms with Crippen LogP contribution in [0.1, 0.15) is 6.42 Å². The number of carbonyl (C=O) groups excluding carboxylic acids is 1. The molecule has 0 aliphatic carbocycles. The monoisotopic (exact) mass is 271 g/mol. The number of carboxylic acid groups (broad SMARTS) is 1. The van der Waals surface area contributed by atoms with E-state index in [4.69, 9.17) is 4.74 Å². The molecule has 19 heavy (non-hydrogen) atoms. The molecule has 0 aromatic rings. The van der Waals surface area contributed by atoms with Crippen LogP contribution in [0, 0.1) is 17.8 Å². The first kappa shape index (κ1) is 12.7. The number of carbonyl (C=O) groups is 2. The Kier molecular flexibility index (Phi) is 2.90. The molecule has 3 aliphatic rings. The highest BCUT2D eigenvalue weighted by atomic mass is 16.5. The van der Waals surface area contributed by atoms with Gasteiger partial charge in [0.2, 0.25) is 0 Å². The third kappa shape index (κ3) is 1.80. The molecule has 2 N–H and O–H groups in total. The normalized spacial score (nSPS) is 44.0. The van der Waals surface area contributed by atoms with Crippen molar-refractivity contribution in [1.82, 2.24) is 4.90 Å². The van der Waals surface area contributed by atoms with Crippen molar-refractivity contribution in [3.05, 3.63) is 0 Å². The zero-order valence-electron chi connectivity index (χ0n) is 10.6. The van der Waals surface area contributed by atoms with E-state index in [1.165, 1.54) is 12.0 Å². The van der Waals surface area contributed by atoms with Gasteiger partial charge in [0.15, 0.2) is 0 Å². The zero-order chi connectivity index (χ0) is 13.7. The van der Waals surface area contributed by atoms with Crippen molar-refractivity contribution in [1.29, 1.82) is 0 Å². The summed E-state index contributed by atoms with van der Waals surface area (Å²) in [7, 11) is 1.31. The molecule has 3 rings (SSSR count). The van der Waals surface area contributed by atoms with Crippen molar-refractivity contribution < 1.29 is 29.3 Å². The molecule has 0 saturated carbocycles. The Morgan fingerprint density at radius 1 is 1.32 bits per heavy atom. The van der Waals surface area contributed by atoms with Gasteiger partial charge in [-0.3, -0.25) is 4.79 Å². The van der Waals surface area contributed by atoms with Crippen LogP contribution in [-0.4, -0.2) is 65.7 Å². The van der Waals surface area contributed by atoms with E-state index in [0.29, 0.717) is 19.5 Å². The largest absolute Gasteiger partial charge is 0.481 e. The summed E-state index contributed by atoms with van der Waals surface area (Å²) in [4.78, 5) is 24.3. The molecule has 3 aliphatic heterocycles. The van der Waals surface area contributed by atoms with Gasteiger partial charge in [0.1, 0.15) is 0 Å². The number of hydrogen-bond acceptors (Lipinski definition) is 5. The van der Waals surface area contributed by atoms with Crippen LogP contribution < -0.4 is 0 Å². The summed E-state index contributed by atoms with van der Waals surface area (Å²) < 4.78 is 10.3. The summed E-state index contributed by atoms with van der Waals surface area (Å²) in [5, 5.41) is 19.5. The van der Waals surface area contributed by atoms with Gasteiger partial charge in [-0.05, 0) is 6.42 Å². The third-order valence-corrected chi connectivity index (χ3v) is 4.62. The fourth-order valence-electron chi connectivity index (χ4n) is 3.71. The van der Waals surface area contributed by atoms with Gasteiger partial charge in [0.25, 0.3) is 0 Å². The molecule has 7 heteroatoms. The Morgan fingerprint density at radius 2 is 2.00 bits per heavy atom. The molecular weight excluding hydrogens is 254 g/mol. The number of carboxylic acids is 1. The Morgan fingerprint density at radius 3 is 2.63 bits per heavy atom.